The van der Waals surface area contributed by atoms with E-state index in [0.717, 1.165) is 38.5 Å². The molecule has 11 heteroatoms. The third kappa shape index (κ3) is 8.18. The van der Waals surface area contributed by atoms with E-state index in [9.17, 15) is 24.0 Å². The highest BCUT2D eigenvalue weighted by Crippen LogP contribution is 2.61. The minimum Gasteiger partial charge on any atom is -0.358 e. The molecule has 3 heterocycles. The second-order valence-corrected chi connectivity index (χ2v) is 13.7. The predicted octanol–water partition coefficient (Wildman–Crippen LogP) is 4.91. The first kappa shape index (κ1) is 34.1. The third-order valence-corrected chi connectivity index (χ3v) is 10.0. The Balaban J connectivity index is 1.36. The van der Waals surface area contributed by atoms with Crippen LogP contribution in [-0.4, -0.2) is 64.0 Å². The zero-order valence-corrected chi connectivity index (χ0v) is 27.7. The van der Waals surface area contributed by atoms with Crippen LogP contribution in [0.3, 0.4) is 0 Å². The van der Waals surface area contributed by atoms with Crippen LogP contribution in [0.15, 0.2) is 48.7 Å². The smallest absolute Gasteiger partial charge is 0.294 e. The Bertz CT molecular complexity index is 1460. The summed E-state index contributed by atoms with van der Waals surface area (Å²) in [5.74, 6) is -1.41. The average molecular weight is 645 g/mol. The van der Waals surface area contributed by atoms with Crippen molar-refractivity contribution < 1.29 is 24.0 Å². The number of hydrogen-bond acceptors (Lipinski definition) is 7. The van der Waals surface area contributed by atoms with Gasteiger partial charge in [-0.25, -0.2) is 4.98 Å². The van der Waals surface area contributed by atoms with Crippen LogP contribution in [0.4, 0.5) is 17.2 Å². The van der Waals surface area contributed by atoms with E-state index in [2.05, 4.69) is 33.2 Å². The van der Waals surface area contributed by atoms with Gasteiger partial charge in [0.25, 0.3) is 5.91 Å². The van der Waals surface area contributed by atoms with Crippen LogP contribution >= 0.6 is 0 Å². The highest BCUT2D eigenvalue weighted by molar-refractivity contribution is 6.43. The Morgan fingerprint density at radius 2 is 1.66 bits per heavy atom. The van der Waals surface area contributed by atoms with Gasteiger partial charge in [0.15, 0.2) is 0 Å². The number of carbonyl (C=O) groups excluding carboxylic acids is 5. The average Bonchev–Trinajstić information content (AvgIpc) is 3.61. The zero-order valence-electron chi connectivity index (χ0n) is 27.7. The van der Waals surface area contributed by atoms with Crippen molar-refractivity contribution in [2.45, 2.75) is 103 Å². The zero-order chi connectivity index (χ0) is 33.6. The van der Waals surface area contributed by atoms with Crippen molar-refractivity contribution in [3.8, 4) is 0 Å². The quantitative estimate of drug-likeness (QED) is 0.313. The van der Waals surface area contributed by atoms with Gasteiger partial charge in [0.2, 0.25) is 23.5 Å². The SMILES string of the molecule is CCC1CC12C[C@@H](C(=O)N[C@@H]1CCCCCCCC(=O)Nc3ccccc3NC(=O)C1=O)N(C(=O)C(Nc1ccccn1)C(C)C)C2. The van der Waals surface area contributed by atoms with Gasteiger partial charge >= 0.3 is 0 Å². The molecule has 1 aromatic heterocycles. The number of para-hydroxylation sites is 2. The molecule has 252 valence electrons. The number of carbonyl (C=O) groups is 5. The molecular formula is C36H48N6O5. The lowest BCUT2D eigenvalue weighted by molar-refractivity contribution is -0.141. The van der Waals surface area contributed by atoms with Gasteiger partial charge < -0.3 is 26.2 Å². The number of fused-ring (bicyclic) bond motifs is 1. The Kier molecular flexibility index (Phi) is 10.9. The van der Waals surface area contributed by atoms with E-state index in [1.165, 1.54) is 0 Å². The molecule has 2 fully saturated rings. The van der Waals surface area contributed by atoms with Crippen LogP contribution in [0, 0.1) is 17.3 Å². The normalized spacial score (nSPS) is 26.0. The lowest BCUT2D eigenvalue weighted by Gasteiger charge is -2.31. The Hall–Kier alpha value is -4.28. The lowest BCUT2D eigenvalue weighted by Crippen LogP contribution is -2.55. The number of pyridine rings is 1. The van der Waals surface area contributed by atoms with Crippen LogP contribution in [0.25, 0.3) is 0 Å². The van der Waals surface area contributed by atoms with Gasteiger partial charge in [-0.3, -0.25) is 24.0 Å². The van der Waals surface area contributed by atoms with Gasteiger partial charge in [0, 0.05) is 19.2 Å². The van der Waals surface area contributed by atoms with Gasteiger partial charge in [0.05, 0.1) is 17.4 Å². The third-order valence-electron chi connectivity index (χ3n) is 10.0. The Labute approximate surface area is 277 Å². The second-order valence-electron chi connectivity index (χ2n) is 13.7. The van der Waals surface area contributed by atoms with Crippen LogP contribution in [0.1, 0.15) is 85.0 Å². The van der Waals surface area contributed by atoms with Gasteiger partial charge in [0.1, 0.15) is 17.9 Å². The largest absolute Gasteiger partial charge is 0.358 e. The maximum absolute atomic E-state index is 14.2. The molecule has 2 aromatic rings. The predicted molar refractivity (Wildman–Crippen MR) is 180 cm³/mol. The molecule has 47 heavy (non-hydrogen) atoms. The van der Waals surface area contributed by atoms with Gasteiger partial charge in [-0.15, -0.1) is 0 Å². The van der Waals surface area contributed by atoms with Crippen LogP contribution in [0.2, 0.25) is 0 Å². The summed E-state index contributed by atoms with van der Waals surface area (Å²) in [5, 5.41) is 11.7. The van der Waals surface area contributed by atoms with Crippen molar-refractivity contribution in [3.05, 3.63) is 48.7 Å². The first-order valence-corrected chi connectivity index (χ1v) is 17.1. The molecule has 1 aliphatic carbocycles. The van der Waals surface area contributed by atoms with E-state index in [0.29, 0.717) is 55.3 Å². The summed E-state index contributed by atoms with van der Waals surface area (Å²) in [6.07, 6.45) is 8.68. The van der Waals surface area contributed by atoms with Crippen molar-refractivity contribution in [2.24, 2.45) is 17.3 Å². The van der Waals surface area contributed by atoms with Crippen LogP contribution in [0.5, 0.6) is 0 Å². The maximum atomic E-state index is 14.2. The van der Waals surface area contributed by atoms with E-state index in [4.69, 9.17) is 0 Å². The minimum atomic E-state index is -1.04. The molecule has 5 rings (SSSR count). The molecule has 4 amide bonds. The molecular weight excluding hydrogens is 596 g/mol. The first-order valence-electron chi connectivity index (χ1n) is 17.1. The van der Waals surface area contributed by atoms with Crippen LogP contribution < -0.4 is 21.3 Å². The molecule has 1 spiro atoms. The number of benzene rings is 1. The van der Waals surface area contributed by atoms with E-state index in [1.54, 1.807) is 35.4 Å². The number of Topliss-reactive ketones (excluding diaryl/α,β-unsaturated/α-hetero) is 1. The van der Waals surface area contributed by atoms with Crippen molar-refractivity contribution in [1.82, 2.24) is 15.2 Å². The fourth-order valence-corrected chi connectivity index (χ4v) is 7.18. The second kappa shape index (κ2) is 15.1. The Morgan fingerprint density at radius 1 is 0.957 bits per heavy atom. The summed E-state index contributed by atoms with van der Waals surface area (Å²) in [7, 11) is 0. The maximum Gasteiger partial charge on any atom is 0.294 e. The summed E-state index contributed by atoms with van der Waals surface area (Å²) < 4.78 is 0. The summed E-state index contributed by atoms with van der Waals surface area (Å²) in [6.45, 7) is 6.54. The summed E-state index contributed by atoms with van der Waals surface area (Å²) in [4.78, 5) is 73.8. The number of nitrogens with zero attached hydrogens (tertiary/aromatic N) is 2. The molecule has 1 aromatic carbocycles. The summed E-state index contributed by atoms with van der Waals surface area (Å²) >= 11 is 0. The molecule has 1 saturated carbocycles. The van der Waals surface area contributed by atoms with Crippen molar-refractivity contribution in [2.75, 3.05) is 22.5 Å². The standard InChI is InChI=1S/C36H48N6O5/c1-4-24-20-36(24)21-28(42(22-36)35(47)31(23(2)3)41-29-17-12-13-19-37-29)33(45)40-27-16-8-6-5-7-9-18-30(43)38-25-14-10-11-15-26(25)39-34(46)32(27)44/h10-15,17,19,23-24,27-28,31H,4-9,16,18,20-22H2,1-3H3,(H,37,41)(H,38,43)(H,39,46)(H,40,45)/t24?,27-,28+,31?,36?/m1/s1. The molecule has 4 N–H and O–H groups in total. The van der Waals surface area contributed by atoms with Gasteiger partial charge in [-0.05, 0) is 67.2 Å². The molecule has 11 nitrogen and oxygen atoms in total. The number of amides is 4. The highest BCUT2D eigenvalue weighted by Gasteiger charge is 2.61. The fourth-order valence-electron chi connectivity index (χ4n) is 7.18. The number of rotatable bonds is 7. The lowest BCUT2D eigenvalue weighted by atomic mass is 9.97. The molecule has 0 radical (unpaired) electrons. The molecule has 0 bridgehead atoms. The van der Waals surface area contributed by atoms with Gasteiger partial charge in [-0.2, -0.15) is 0 Å². The minimum absolute atomic E-state index is 0.0762. The molecule has 2 aliphatic heterocycles. The monoisotopic (exact) mass is 644 g/mol. The molecule has 3 aliphatic rings. The summed E-state index contributed by atoms with van der Waals surface area (Å²) in [5.41, 5.74) is 0.609. The van der Waals surface area contributed by atoms with Crippen LogP contribution in [-0.2, 0) is 24.0 Å². The van der Waals surface area contributed by atoms with Crippen molar-refractivity contribution in [3.63, 3.8) is 0 Å². The van der Waals surface area contributed by atoms with E-state index in [1.807, 2.05) is 32.0 Å². The van der Waals surface area contributed by atoms with Crippen molar-refractivity contribution in [1.29, 1.82) is 0 Å². The number of nitrogens with one attached hydrogen (secondary N) is 4. The summed E-state index contributed by atoms with van der Waals surface area (Å²) in [6, 6.07) is 9.82. The van der Waals surface area contributed by atoms with E-state index < -0.39 is 35.7 Å². The van der Waals surface area contributed by atoms with Crippen molar-refractivity contribution >= 4 is 46.6 Å². The number of hydrogen-bond donors (Lipinski definition) is 4. The molecule has 3 unspecified atom stereocenters. The highest BCUT2D eigenvalue weighted by atomic mass is 16.2. The topological polar surface area (TPSA) is 150 Å². The molecule has 5 atom stereocenters. The first-order chi connectivity index (χ1) is 22.6. The molecule has 1 saturated heterocycles. The number of ketones is 1. The fraction of sp³-hybridized carbons (Fsp3) is 0.556. The van der Waals surface area contributed by atoms with E-state index in [-0.39, 0.29) is 23.1 Å². The number of likely N-dealkylation sites (tertiary alicyclic amines) is 1. The number of aromatic nitrogens is 1. The van der Waals surface area contributed by atoms with E-state index >= 15 is 0 Å². The van der Waals surface area contributed by atoms with Gasteiger partial charge in [-0.1, -0.05) is 71.1 Å². The Morgan fingerprint density at radius 3 is 2.34 bits per heavy atom. The number of anilines is 3.